The molecule has 3 N–H and O–H groups in total. The van der Waals surface area contributed by atoms with Crippen molar-refractivity contribution in [2.24, 2.45) is 5.10 Å². The van der Waals surface area contributed by atoms with E-state index in [1.807, 2.05) is 6.92 Å². The van der Waals surface area contributed by atoms with Crippen LogP contribution in [0.4, 0.5) is 5.82 Å². The van der Waals surface area contributed by atoms with E-state index in [1.54, 1.807) is 12.1 Å². The summed E-state index contributed by atoms with van der Waals surface area (Å²) in [5.74, 6) is 1.09. The minimum atomic E-state index is -0.566. The van der Waals surface area contributed by atoms with E-state index < -0.39 is 5.91 Å². The first-order valence-corrected chi connectivity index (χ1v) is 8.70. The van der Waals surface area contributed by atoms with E-state index in [0.29, 0.717) is 34.9 Å². The molecule has 1 amide bonds. The molecule has 158 valence electrons. The second-order valence-corrected chi connectivity index (χ2v) is 5.77. The third-order valence-electron chi connectivity index (χ3n) is 4.11. The van der Waals surface area contributed by atoms with Crippen molar-refractivity contribution in [1.29, 1.82) is 0 Å². The maximum absolute atomic E-state index is 12.6. The summed E-state index contributed by atoms with van der Waals surface area (Å²) in [4.78, 5) is 12.6. The molecule has 0 aliphatic rings. The molecular formula is C17H20N8O5. The van der Waals surface area contributed by atoms with E-state index >= 15 is 0 Å². The van der Waals surface area contributed by atoms with Crippen LogP contribution in [-0.4, -0.2) is 58.8 Å². The van der Waals surface area contributed by atoms with Crippen LogP contribution in [0.15, 0.2) is 21.9 Å². The van der Waals surface area contributed by atoms with Crippen molar-refractivity contribution < 1.29 is 23.6 Å². The van der Waals surface area contributed by atoms with Crippen molar-refractivity contribution in [3.05, 3.63) is 29.1 Å². The number of rotatable bonds is 8. The largest absolute Gasteiger partial charge is 0.496 e. The normalized spacial score (nSPS) is 10.9. The summed E-state index contributed by atoms with van der Waals surface area (Å²) in [7, 11) is 4.54. The lowest BCUT2D eigenvalue weighted by atomic mass is 10.2. The Labute approximate surface area is 170 Å². The van der Waals surface area contributed by atoms with Crippen LogP contribution in [0.2, 0.25) is 0 Å². The molecular weight excluding hydrogens is 396 g/mol. The van der Waals surface area contributed by atoms with Gasteiger partial charge in [0.15, 0.2) is 17.2 Å². The van der Waals surface area contributed by atoms with Gasteiger partial charge in [-0.15, -0.1) is 5.10 Å². The predicted octanol–water partition coefficient (Wildman–Crippen LogP) is 0.585. The number of aromatic nitrogens is 5. The van der Waals surface area contributed by atoms with Crippen molar-refractivity contribution >= 4 is 17.9 Å². The molecule has 0 fully saturated rings. The van der Waals surface area contributed by atoms with Crippen molar-refractivity contribution in [3.63, 3.8) is 0 Å². The number of carbonyl (C=O) groups is 1. The third kappa shape index (κ3) is 3.85. The Hall–Kier alpha value is -4.16. The summed E-state index contributed by atoms with van der Waals surface area (Å²) in [6, 6.07) is 3.32. The summed E-state index contributed by atoms with van der Waals surface area (Å²) in [5.41, 5.74) is 9.19. The molecule has 0 spiro atoms. The van der Waals surface area contributed by atoms with Gasteiger partial charge in [-0.3, -0.25) is 4.79 Å². The first-order chi connectivity index (χ1) is 14.5. The van der Waals surface area contributed by atoms with Crippen LogP contribution in [-0.2, 0) is 6.42 Å². The number of hydrazone groups is 1. The number of amides is 1. The molecule has 0 aliphatic carbocycles. The Morgan fingerprint density at radius 1 is 1.20 bits per heavy atom. The fourth-order valence-electron chi connectivity index (χ4n) is 2.67. The van der Waals surface area contributed by atoms with Crippen LogP contribution in [0.25, 0.3) is 5.82 Å². The molecule has 2 aromatic heterocycles. The standard InChI is InChI=1S/C17H20N8O5/c1-5-10-14(20-24-25(10)16-15(18)22-30-23-16)17(26)21-19-8-9-6-12(28-3)13(29-4)7-11(9)27-2/h6-8H,5H2,1-4H3,(H2,18,22)(H,21,26). The van der Waals surface area contributed by atoms with Gasteiger partial charge in [0.2, 0.25) is 11.6 Å². The van der Waals surface area contributed by atoms with Crippen molar-refractivity contribution in [3.8, 4) is 23.1 Å². The highest BCUT2D eigenvalue weighted by molar-refractivity contribution is 5.94. The fraction of sp³-hybridized carbons (Fsp3) is 0.294. The molecule has 1 aromatic carbocycles. The molecule has 13 heteroatoms. The SMILES string of the molecule is CCc1c(C(=O)NN=Cc2cc(OC)c(OC)cc2OC)nnn1-c1nonc1N. The molecule has 2 heterocycles. The highest BCUT2D eigenvalue weighted by atomic mass is 16.6. The lowest BCUT2D eigenvalue weighted by molar-refractivity contribution is 0.0949. The molecule has 30 heavy (non-hydrogen) atoms. The van der Waals surface area contributed by atoms with Gasteiger partial charge in [-0.05, 0) is 22.8 Å². The van der Waals surface area contributed by atoms with Gasteiger partial charge in [0.25, 0.3) is 5.91 Å². The molecule has 0 bridgehead atoms. The second kappa shape index (κ2) is 8.89. The van der Waals surface area contributed by atoms with E-state index in [2.05, 4.69) is 35.8 Å². The summed E-state index contributed by atoms with van der Waals surface area (Å²) in [5, 5.41) is 18.9. The van der Waals surface area contributed by atoms with E-state index in [9.17, 15) is 4.79 Å². The molecule has 13 nitrogen and oxygen atoms in total. The highest BCUT2D eigenvalue weighted by Crippen LogP contribution is 2.33. The monoisotopic (exact) mass is 416 g/mol. The molecule has 3 rings (SSSR count). The number of ether oxygens (including phenoxy) is 3. The van der Waals surface area contributed by atoms with Crippen LogP contribution >= 0.6 is 0 Å². The zero-order chi connectivity index (χ0) is 21.7. The first kappa shape index (κ1) is 20.6. The average molecular weight is 416 g/mol. The molecule has 3 aromatic rings. The Morgan fingerprint density at radius 2 is 1.90 bits per heavy atom. The number of hydrogen-bond donors (Lipinski definition) is 2. The lowest BCUT2D eigenvalue weighted by Crippen LogP contribution is -2.20. The quantitative estimate of drug-likeness (QED) is 0.392. The molecule has 0 saturated heterocycles. The van der Waals surface area contributed by atoms with Crippen molar-refractivity contribution in [2.75, 3.05) is 27.1 Å². The number of methoxy groups -OCH3 is 3. The number of nitrogens with zero attached hydrogens (tertiary/aromatic N) is 6. The van der Waals surface area contributed by atoms with Gasteiger partial charge in [-0.1, -0.05) is 12.1 Å². The van der Waals surface area contributed by atoms with Crippen molar-refractivity contribution in [2.45, 2.75) is 13.3 Å². The smallest absolute Gasteiger partial charge is 0.293 e. The number of benzene rings is 1. The van der Waals surface area contributed by atoms with Crippen LogP contribution in [0.3, 0.4) is 0 Å². The maximum atomic E-state index is 12.6. The molecule has 0 unspecified atom stereocenters. The Morgan fingerprint density at radius 3 is 2.50 bits per heavy atom. The first-order valence-electron chi connectivity index (χ1n) is 8.70. The maximum Gasteiger partial charge on any atom is 0.293 e. The summed E-state index contributed by atoms with van der Waals surface area (Å²) >= 11 is 0. The second-order valence-electron chi connectivity index (χ2n) is 5.77. The number of nitrogen functional groups attached to an aromatic ring is 1. The van der Waals surface area contributed by atoms with Crippen molar-refractivity contribution in [1.82, 2.24) is 30.7 Å². The Balaban J connectivity index is 1.82. The highest BCUT2D eigenvalue weighted by Gasteiger charge is 2.22. The summed E-state index contributed by atoms with van der Waals surface area (Å²) in [6.45, 7) is 1.83. The van der Waals surface area contributed by atoms with Crippen LogP contribution < -0.4 is 25.4 Å². The zero-order valence-corrected chi connectivity index (χ0v) is 16.7. The zero-order valence-electron chi connectivity index (χ0n) is 16.7. The Kier molecular flexibility index (Phi) is 6.10. The lowest BCUT2D eigenvalue weighted by Gasteiger charge is -2.11. The van der Waals surface area contributed by atoms with Gasteiger partial charge in [-0.2, -0.15) is 9.78 Å². The predicted molar refractivity (Wildman–Crippen MR) is 104 cm³/mol. The number of carbonyl (C=O) groups excluding carboxylic acids is 1. The van der Waals surface area contributed by atoms with Gasteiger partial charge >= 0.3 is 0 Å². The van der Waals surface area contributed by atoms with Crippen LogP contribution in [0, 0.1) is 0 Å². The van der Waals surface area contributed by atoms with Crippen LogP contribution in [0.5, 0.6) is 17.2 Å². The topological polar surface area (TPSA) is 165 Å². The number of hydrogen-bond acceptors (Lipinski definition) is 11. The minimum absolute atomic E-state index is 0.0279. The summed E-state index contributed by atoms with van der Waals surface area (Å²) in [6.07, 6.45) is 1.84. The molecule has 0 radical (unpaired) electrons. The Bertz CT molecular complexity index is 1070. The fourth-order valence-corrected chi connectivity index (χ4v) is 2.67. The number of anilines is 1. The minimum Gasteiger partial charge on any atom is -0.496 e. The van der Waals surface area contributed by atoms with E-state index in [0.717, 1.165) is 0 Å². The van der Waals surface area contributed by atoms with E-state index in [-0.39, 0.29) is 17.3 Å². The van der Waals surface area contributed by atoms with Gasteiger partial charge < -0.3 is 19.9 Å². The van der Waals surface area contributed by atoms with Crippen LogP contribution in [0.1, 0.15) is 28.7 Å². The number of nitrogens with two attached hydrogens (primary N) is 1. The van der Waals surface area contributed by atoms with E-state index in [1.165, 1.54) is 32.2 Å². The van der Waals surface area contributed by atoms with Gasteiger partial charge in [0, 0.05) is 11.6 Å². The third-order valence-corrected chi connectivity index (χ3v) is 4.11. The molecule has 0 saturated carbocycles. The summed E-state index contributed by atoms with van der Waals surface area (Å²) < 4.78 is 21.7. The van der Waals surface area contributed by atoms with E-state index in [4.69, 9.17) is 19.9 Å². The van der Waals surface area contributed by atoms with Gasteiger partial charge in [0.05, 0.1) is 33.2 Å². The number of nitrogens with one attached hydrogen (secondary N) is 1. The molecule has 0 aliphatic heterocycles. The van der Waals surface area contributed by atoms with Gasteiger partial charge in [-0.25, -0.2) is 10.1 Å². The van der Waals surface area contributed by atoms with Gasteiger partial charge in [0.1, 0.15) is 5.75 Å². The molecule has 0 atom stereocenters. The average Bonchev–Trinajstić information content (AvgIpc) is 3.38.